The number of hydrogen-bond donors (Lipinski definition) is 1. The SMILES string of the molecule is COCCCCn1c(N)nc2cc(I)ccc21. The summed E-state index contributed by atoms with van der Waals surface area (Å²) in [6.45, 7) is 1.69. The number of ether oxygens (including phenoxy) is 1. The Balaban J connectivity index is 2.18. The minimum atomic E-state index is 0.597. The van der Waals surface area contributed by atoms with Crippen molar-refractivity contribution in [3.63, 3.8) is 0 Å². The first-order valence-corrected chi connectivity index (χ1v) is 6.70. The summed E-state index contributed by atoms with van der Waals surface area (Å²) in [5.41, 5.74) is 8.02. The molecule has 0 aliphatic carbocycles. The molecule has 0 aliphatic rings. The van der Waals surface area contributed by atoms with Gasteiger partial charge in [0.15, 0.2) is 0 Å². The number of nitrogens with two attached hydrogens (primary N) is 1. The molecule has 1 heterocycles. The fourth-order valence-electron chi connectivity index (χ4n) is 1.87. The lowest BCUT2D eigenvalue weighted by Gasteiger charge is -2.06. The standard InChI is InChI=1S/C12H16IN3O/c1-17-7-3-2-6-16-11-5-4-9(13)8-10(11)15-12(16)14/h4-5,8H,2-3,6-7H2,1H3,(H2,14,15). The fourth-order valence-corrected chi connectivity index (χ4v) is 2.35. The van der Waals surface area contributed by atoms with Crippen LogP contribution in [0.5, 0.6) is 0 Å². The maximum Gasteiger partial charge on any atom is 0.201 e. The lowest BCUT2D eigenvalue weighted by atomic mass is 10.3. The van der Waals surface area contributed by atoms with Gasteiger partial charge in [0.05, 0.1) is 11.0 Å². The Morgan fingerprint density at radius 2 is 2.24 bits per heavy atom. The number of fused-ring (bicyclic) bond motifs is 1. The van der Waals surface area contributed by atoms with Gasteiger partial charge in [0, 0.05) is 23.8 Å². The number of methoxy groups -OCH3 is 1. The topological polar surface area (TPSA) is 53.1 Å². The number of nitrogens with zero attached hydrogens (tertiary/aromatic N) is 2. The van der Waals surface area contributed by atoms with Crippen LogP contribution in [0.15, 0.2) is 18.2 Å². The number of halogens is 1. The van der Waals surface area contributed by atoms with Gasteiger partial charge in [-0.3, -0.25) is 0 Å². The third-order valence-electron chi connectivity index (χ3n) is 2.72. The van der Waals surface area contributed by atoms with Gasteiger partial charge in [-0.2, -0.15) is 0 Å². The van der Waals surface area contributed by atoms with Crippen molar-refractivity contribution in [2.24, 2.45) is 0 Å². The monoisotopic (exact) mass is 345 g/mol. The zero-order valence-electron chi connectivity index (χ0n) is 9.82. The van der Waals surface area contributed by atoms with E-state index in [4.69, 9.17) is 10.5 Å². The van der Waals surface area contributed by atoms with Gasteiger partial charge in [-0.25, -0.2) is 4.98 Å². The van der Waals surface area contributed by atoms with Crippen LogP contribution >= 0.6 is 22.6 Å². The van der Waals surface area contributed by atoms with E-state index in [1.54, 1.807) is 7.11 Å². The molecule has 2 aromatic rings. The molecule has 17 heavy (non-hydrogen) atoms. The van der Waals surface area contributed by atoms with E-state index in [9.17, 15) is 0 Å². The molecule has 0 bridgehead atoms. The molecule has 2 N–H and O–H groups in total. The van der Waals surface area contributed by atoms with Gasteiger partial charge in [0.25, 0.3) is 0 Å². The van der Waals surface area contributed by atoms with Gasteiger partial charge in [0.2, 0.25) is 5.95 Å². The van der Waals surface area contributed by atoms with E-state index in [2.05, 4.69) is 50.3 Å². The summed E-state index contributed by atoms with van der Waals surface area (Å²) in [4.78, 5) is 4.38. The molecule has 0 amide bonds. The fraction of sp³-hybridized carbons (Fsp3) is 0.417. The van der Waals surface area contributed by atoms with Crippen molar-refractivity contribution in [3.8, 4) is 0 Å². The van der Waals surface area contributed by atoms with Gasteiger partial charge < -0.3 is 15.0 Å². The molecule has 4 nitrogen and oxygen atoms in total. The van der Waals surface area contributed by atoms with Crippen molar-refractivity contribution >= 4 is 39.6 Å². The molecule has 5 heteroatoms. The average Bonchev–Trinajstić information content (AvgIpc) is 2.60. The summed E-state index contributed by atoms with van der Waals surface area (Å²) >= 11 is 2.28. The molecule has 92 valence electrons. The number of anilines is 1. The number of aryl methyl sites for hydroxylation is 1. The molecule has 0 aliphatic heterocycles. The lowest BCUT2D eigenvalue weighted by Crippen LogP contribution is -2.04. The maximum absolute atomic E-state index is 5.94. The molecule has 0 unspecified atom stereocenters. The number of unbranched alkanes of at least 4 members (excludes halogenated alkanes) is 1. The Bertz CT molecular complexity index is 510. The highest BCUT2D eigenvalue weighted by Crippen LogP contribution is 2.20. The smallest absolute Gasteiger partial charge is 0.201 e. The van der Waals surface area contributed by atoms with Crippen molar-refractivity contribution in [2.45, 2.75) is 19.4 Å². The average molecular weight is 345 g/mol. The van der Waals surface area contributed by atoms with Gasteiger partial charge >= 0.3 is 0 Å². The molecule has 1 aromatic carbocycles. The van der Waals surface area contributed by atoms with Gasteiger partial charge in [-0.05, 0) is 53.6 Å². The number of benzene rings is 1. The first-order chi connectivity index (χ1) is 8.22. The third kappa shape index (κ3) is 2.90. The van der Waals surface area contributed by atoms with Crippen LogP contribution in [0.3, 0.4) is 0 Å². The van der Waals surface area contributed by atoms with Crippen LogP contribution in [0.2, 0.25) is 0 Å². The lowest BCUT2D eigenvalue weighted by molar-refractivity contribution is 0.191. The van der Waals surface area contributed by atoms with Crippen molar-refractivity contribution in [1.82, 2.24) is 9.55 Å². The van der Waals surface area contributed by atoms with Crippen molar-refractivity contribution in [1.29, 1.82) is 0 Å². The predicted molar refractivity (Wildman–Crippen MR) is 78.0 cm³/mol. The van der Waals surface area contributed by atoms with Crippen LogP contribution in [-0.4, -0.2) is 23.3 Å². The maximum atomic E-state index is 5.94. The van der Waals surface area contributed by atoms with E-state index >= 15 is 0 Å². The molecule has 0 saturated carbocycles. The Kier molecular flexibility index (Phi) is 4.22. The number of rotatable bonds is 5. The zero-order chi connectivity index (χ0) is 12.3. The number of aromatic nitrogens is 2. The van der Waals surface area contributed by atoms with Gasteiger partial charge in [-0.15, -0.1) is 0 Å². The van der Waals surface area contributed by atoms with E-state index < -0.39 is 0 Å². The molecular weight excluding hydrogens is 329 g/mol. The van der Waals surface area contributed by atoms with Crippen LogP contribution in [0.25, 0.3) is 11.0 Å². The van der Waals surface area contributed by atoms with Crippen molar-refractivity contribution < 1.29 is 4.74 Å². The zero-order valence-corrected chi connectivity index (χ0v) is 12.0. The second-order valence-corrected chi connectivity index (χ2v) is 5.20. The van der Waals surface area contributed by atoms with E-state index in [1.165, 1.54) is 3.57 Å². The summed E-state index contributed by atoms with van der Waals surface area (Å²) in [5.74, 6) is 0.597. The highest BCUT2D eigenvalue weighted by Gasteiger charge is 2.07. The second-order valence-electron chi connectivity index (χ2n) is 3.95. The van der Waals surface area contributed by atoms with Crippen LogP contribution in [0, 0.1) is 3.57 Å². The third-order valence-corrected chi connectivity index (χ3v) is 3.39. The molecule has 1 aromatic heterocycles. The van der Waals surface area contributed by atoms with Crippen LogP contribution in [-0.2, 0) is 11.3 Å². The summed E-state index contributed by atoms with van der Waals surface area (Å²) in [5, 5.41) is 0. The van der Waals surface area contributed by atoms with Gasteiger partial charge in [-0.1, -0.05) is 0 Å². The molecular formula is C12H16IN3O. The molecule has 0 atom stereocenters. The minimum Gasteiger partial charge on any atom is -0.385 e. The first-order valence-electron chi connectivity index (χ1n) is 5.62. The Morgan fingerprint density at radius 3 is 3.00 bits per heavy atom. The minimum absolute atomic E-state index is 0.597. The van der Waals surface area contributed by atoms with Crippen LogP contribution in [0.4, 0.5) is 5.95 Å². The van der Waals surface area contributed by atoms with E-state index in [1.807, 2.05) is 0 Å². The first kappa shape index (κ1) is 12.6. The summed E-state index contributed by atoms with van der Waals surface area (Å²) < 4.78 is 8.29. The van der Waals surface area contributed by atoms with E-state index in [0.29, 0.717) is 5.95 Å². The Labute approximate surface area is 114 Å². The summed E-state index contributed by atoms with van der Waals surface area (Å²) in [7, 11) is 1.73. The Morgan fingerprint density at radius 1 is 1.41 bits per heavy atom. The normalized spacial score (nSPS) is 11.2. The highest BCUT2D eigenvalue weighted by molar-refractivity contribution is 14.1. The van der Waals surface area contributed by atoms with E-state index in [0.717, 1.165) is 37.0 Å². The number of imidazole rings is 1. The van der Waals surface area contributed by atoms with Crippen LogP contribution < -0.4 is 5.73 Å². The van der Waals surface area contributed by atoms with Crippen molar-refractivity contribution in [3.05, 3.63) is 21.8 Å². The molecule has 0 radical (unpaired) electrons. The van der Waals surface area contributed by atoms with Crippen LogP contribution in [0.1, 0.15) is 12.8 Å². The summed E-state index contributed by atoms with van der Waals surface area (Å²) in [6, 6.07) is 6.21. The number of nitrogen functional groups attached to an aromatic ring is 1. The molecule has 0 saturated heterocycles. The molecule has 2 rings (SSSR count). The van der Waals surface area contributed by atoms with Crippen molar-refractivity contribution in [2.75, 3.05) is 19.5 Å². The molecule has 0 fully saturated rings. The largest absolute Gasteiger partial charge is 0.385 e. The predicted octanol–water partition coefficient (Wildman–Crippen LogP) is 2.65. The number of hydrogen-bond acceptors (Lipinski definition) is 3. The van der Waals surface area contributed by atoms with Gasteiger partial charge in [0.1, 0.15) is 0 Å². The summed E-state index contributed by atoms with van der Waals surface area (Å²) in [6.07, 6.45) is 2.09. The Hall–Kier alpha value is -0.820. The second kappa shape index (κ2) is 5.68. The highest BCUT2D eigenvalue weighted by atomic mass is 127. The van der Waals surface area contributed by atoms with E-state index in [-0.39, 0.29) is 0 Å². The molecule has 0 spiro atoms. The quantitative estimate of drug-likeness (QED) is 0.670.